The zero-order chi connectivity index (χ0) is 11.5. The second-order valence-electron chi connectivity index (χ2n) is 3.91. The normalized spacial score (nSPS) is 16.4. The van der Waals surface area contributed by atoms with Gasteiger partial charge in [-0.2, -0.15) is 0 Å². The molecule has 1 fully saturated rings. The largest absolute Gasteiger partial charge is 0.465 e. The average Bonchev–Trinajstić information content (AvgIpc) is 2.81. The molecule has 0 saturated heterocycles. The highest BCUT2D eigenvalue weighted by molar-refractivity contribution is 6.32. The number of ether oxygens (including phenoxy) is 1. The van der Waals surface area contributed by atoms with E-state index in [4.69, 9.17) is 11.6 Å². The summed E-state index contributed by atoms with van der Waals surface area (Å²) >= 11 is 5.93. The number of methoxy groups -OCH3 is 1. The van der Waals surface area contributed by atoms with E-state index in [0.29, 0.717) is 5.92 Å². The van der Waals surface area contributed by atoms with E-state index in [1.807, 2.05) is 0 Å². The van der Waals surface area contributed by atoms with Crippen LogP contribution >= 0.6 is 11.6 Å². The summed E-state index contributed by atoms with van der Waals surface area (Å²) in [6.45, 7) is 0. The van der Waals surface area contributed by atoms with E-state index < -0.39 is 5.97 Å². The number of rotatable bonds is 2. The van der Waals surface area contributed by atoms with Gasteiger partial charge in [-0.25, -0.2) is 14.8 Å². The fraction of sp³-hybridized carbons (Fsp3) is 0.545. The van der Waals surface area contributed by atoms with Crippen molar-refractivity contribution in [2.45, 2.75) is 31.6 Å². The highest BCUT2D eigenvalue weighted by Gasteiger charge is 2.22. The molecule has 16 heavy (non-hydrogen) atoms. The zero-order valence-electron chi connectivity index (χ0n) is 9.07. The number of aromatic nitrogens is 2. The third kappa shape index (κ3) is 2.16. The van der Waals surface area contributed by atoms with Crippen molar-refractivity contribution < 1.29 is 9.53 Å². The summed E-state index contributed by atoms with van der Waals surface area (Å²) < 4.78 is 4.58. The van der Waals surface area contributed by atoms with Crippen LogP contribution in [0, 0.1) is 0 Å². The molecule has 2 rings (SSSR count). The van der Waals surface area contributed by atoms with E-state index in [1.165, 1.54) is 26.1 Å². The Bertz CT molecular complexity index is 403. The van der Waals surface area contributed by atoms with Crippen LogP contribution in [0.3, 0.4) is 0 Å². The molecule has 1 aromatic rings. The third-order valence-corrected chi connectivity index (χ3v) is 3.17. The van der Waals surface area contributed by atoms with Crippen molar-refractivity contribution in [3.8, 4) is 0 Å². The summed E-state index contributed by atoms with van der Waals surface area (Å²) in [5.41, 5.74) is 0.228. The standard InChI is InChI=1S/C11H13ClN2O2/c1-16-11(15)8-6-13-10(14-9(8)12)7-4-2-3-5-7/h6-7H,2-5H2,1H3. The first-order chi connectivity index (χ1) is 7.72. The minimum absolute atomic E-state index is 0.184. The Hall–Kier alpha value is -1.16. The van der Waals surface area contributed by atoms with Gasteiger partial charge in [0.1, 0.15) is 16.5 Å². The number of carbonyl (C=O) groups is 1. The molecule has 5 heteroatoms. The van der Waals surface area contributed by atoms with Crippen molar-refractivity contribution in [1.82, 2.24) is 9.97 Å². The second-order valence-corrected chi connectivity index (χ2v) is 4.26. The maximum atomic E-state index is 11.3. The Balaban J connectivity index is 2.25. The lowest BCUT2D eigenvalue weighted by Crippen LogP contribution is -2.08. The topological polar surface area (TPSA) is 52.1 Å². The van der Waals surface area contributed by atoms with Crippen LogP contribution in [0.1, 0.15) is 47.8 Å². The quantitative estimate of drug-likeness (QED) is 0.589. The highest BCUT2D eigenvalue weighted by Crippen LogP contribution is 2.32. The number of nitrogens with zero attached hydrogens (tertiary/aromatic N) is 2. The molecule has 1 aromatic heterocycles. The number of esters is 1. The Labute approximate surface area is 99.0 Å². The lowest BCUT2D eigenvalue weighted by atomic mass is 10.1. The van der Waals surface area contributed by atoms with Crippen LogP contribution in [0.25, 0.3) is 0 Å². The van der Waals surface area contributed by atoms with Gasteiger partial charge in [0.05, 0.1) is 7.11 Å². The molecular weight excluding hydrogens is 228 g/mol. The zero-order valence-corrected chi connectivity index (χ0v) is 9.83. The molecule has 0 N–H and O–H groups in total. The molecule has 0 spiro atoms. The van der Waals surface area contributed by atoms with Gasteiger partial charge in [-0.1, -0.05) is 24.4 Å². The van der Waals surface area contributed by atoms with Gasteiger partial charge in [0.2, 0.25) is 0 Å². The lowest BCUT2D eigenvalue weighted by Gasteiger charge is -2.08. The number of halogens is 1. The summed E-state index contributed by atoms with van der Waals surface area (Å²) in [4.78, 5) is 19.7. The average molecular weight is 241 g/mol. The van der Waals surface area contributed by atoms with Crippen molar-refractivity contribution in [2.75, 3.05) is 7.11 Å². The maximum Gasteiger partial charge on any atom is 0.342 e. The maximum absolute atomic E-state index is 11.3. The molecule has 0 aliphatic heterocycles. The van der Waals surface area contributed by atoms with Crippen LogP contribution in [-0.4, -0.2) is 23.0 Å². The Morgan fingerprint density at radius 2 is 2.19 bits per heavy atom. The van der Waals surface area contributed by atoms with E-state index >= 15 is 0 Å². The first-order valence-electron chi connectivity index (χ1n) is 5.33. The monoisotopic (exact) mass is 240 g/mol. The van der Waals surface area contributed by atoms with Gasteiger partial charge in [0.25, 0.3) is 0 Å². The van der Waals surface area contributed by atoms with Crippen LogP contribution in [0.2, 0.25) is 5.15 Å². The summed E-state index contributed by atoms with van der Waals surface area (Å²) in [5, 5.41) is 0.184. The number of hydrogen-bond donors (Lipinski definition) is 0. The number of carbonyl (C=O) groups excluding carboxylic acids is 1. The lowest BCUT2D eigenvalue weighted by molar-refractivity contribution is 0.0600. The third-order valence-electron chi connectivity index (χ3n) is 2.89. The van der Waals surface area contributed by atoms with Crippen LogP contribution in [-0.2, 0) is 4.74 Å². The van der Waals surface area contributed by atoms with Crippen molar-refractivity contribution in [3.05, 3.63) is 22.7 Å². The van der Waals surface area contributed by atoms with Crippen LogP contribution in [0.4, 0.5) is 0 Å². The molecule has 86 valence electrons. The first kappa shape index (κ1) is 11.3. The molecule has 1 aliphatic carbocycles. The van der Waals surface area contributed by atoms with E-state index in [-0.39, 0.29) is 10.7 Å². The molecule has 0 radical (unpaired) electrons. The van der Waals surface area contributed by atoms with Gasteiger partial charge < -0.3 is 4.74 Å². The molecule has 0 unspecified atom stereocenters. The molecule has 0 aromatic carbocycles. The van der Waals surface area contributed by atoms with E-state index in [2.05, 4.69) is 14.7 Å². The summed E-state index contributed by atoms with van der Waals surface area (Å²) in [6.07, 6.45) is 6.09. The van der Waals surface area contributed by atoms with Gasteiger partial charge in [-0.15, -0.1) is 0 Å². The fourth-order valence-electron chi connectivity index (χ4n) is 2.00. The van der Waals surface area contributed by atoms with E-state index in [1.54, 1.807) is 0 Å². The predicted octanol–water partition coefficient (Wildman–Crippen LogP) is 2.57. The Morgan fingerprint density at radius 1 is 1.50 bits per heavy atom. The molecule has 1 aliphatic rings. The fourth-order valence-corrected chi connectivity index (χ4v) is 2.21. The van der Waals surface area contributed by atoms with E-state index in [0.717, 1.165) is 18.7 Å². The molecular formula is C11H13ClN2O2. The van der Waals surface area contributed by atoms with Crippen LogP contribution < -0.4 is 0 Å². The summed E-state index contributed by atoms with van der Waals surface area (Å²) in [6, 6.07) is 0. The van der Waals surface area contributed by atoms with Crippen LogP contribution in [0.5, 0.6) is 0 Å². The molecule has 0 bridgehead atoms. The molecule has 4 nitrogen and oxygen atoms in total. The van der Waals surface area contributed by atoms with Gasteiger partial charge in [-0.3, -0.25) is 0 Å². The van der Waals surface area contributed by atoms with E-state index in [9.17, 15) is 4.79 Å². The highest BCUT2D eigenvalue weighted by atomic mass is 35.5. The number of hydrogen-bond acceptors (Lipinski definition) is 4. The summed E-state index contributed by atoms with van der Waals surface area (Å²) in [7, 11) is 1.31. The Morgan fingerprint density at radius 3 is 2.75 bits per heavy atom. The molecule has 1 heterocycles. The minimum atomic E-state index is -0.497. The second kappa shape index (κ2) is 4.78. The molecule has 1 saturated carbocycles. The van der Waals surface area contributed by atoms with Gasteiger partial charge >= 0.3 is 5.97 Å². The molecule has 0 atom stereocenters. The first-order valence-corrected chi connectivity index (χ1v) is 5.71. The molecule has 0 amide bonds. The van der Waals surface area contributed by atoms with Crippen LogP contribution in [0.15, 0.2) is 6.20 Å². The SMILES string of the molecule is COC(=O)c1cnc(C2CCCC2)nc1Cl. The van der Waals surface area contributed by atoms with Crippen molar-refractivity contribution in [3.63, 3.8) is 0 Å². The van der Waals surface area contributed by atoms with Crippen molar-refractivity contribution in [2.24, 2.45) is 0 Å². The van der Waals surface area contributed by atoms with Gasteiger partial charge in [0.15, 0.2) is 0 Å². The smallest absolute Gasteiger partial charge is 0.342 e. The van der Waals surface area contributed by atoms with Gasteiger partial charge in [0, 0.05) is 12.1 Å². The summed E-state index contributed by atoms with van der Waals surface area (Å²) in [5.74, 6) is 0.641. The Kier molecular flexibility index (Phi) is 3.39. The van der Waals surface area contributed by atoms with Gasteiger partial charge in [-0.05, 0) is 12.8 Å². The minimum Gasteiger partial charge on any atom is -0.465 e. The van der Waals surface area contributed by atoms with Crippen molar-refractivity contribution >= 4 is 17.6 Å². The predicted molar refractivity (Wildman–Crippen MR) is 59.6 cm³/mol. The van der Waals surface area contributed by atoms with Crippen molar-refractivity contribution in [1.29, 1.82) is 0 Å².